The number of aromatic carboxylic acids is 1. The number of carbonyl (C=O) groups is 2. The van der Waals surface area contributed by atoms with Crippen molar-refractivity contribution in [2.45, 2.75) is 6.92 Å². The van der Waals surface area contributed by atoms with Crippen molar-refractivity contribution < 1.29 is 19.1 Å². The van der Waals surface area contributed by atoms with E-state index in [2.05, 4.69) is 21.2 Å². The van der Waals surface area contributed by atoms with Gasteiger partial charge in [-0.15, -0.1) is 0 Å². The number of carboxylic acids is 1. The van der Waals surface area contributed by atoms with E-state index in [4.69, 9.17) is 5.11 Å². The van der Waals surface area contributed by atoms with Gasteiger partial charge in [-0.25, -0.2) is 9.18 Å². The number of amides is 1. The van der Waals surface area contributed by atoms with Crippen molar-refractivity contribution in [1.82, 2.24) is 0 Å². The predicted molar refractivity (Wildman–Crippen MR) is 80.2 cm³/mol. The molecule has 0 aliphatic rings. The highest BCUT2D eigenvalue weighted by molar-refractivity contribution is 9.10. The zero-order valence-corrected chi connectivity index (χ0v) is 12.6. The predicted octanol–water partition coefficient (Wildman–Crippen LogP) is 3.85. The van der Waals surface area contributed by atoms with E-state index in [1.165, 1.54) is 36.4 Å². The Morgan fingerprint density at radius 3 is 2.29 bits per heavy atom. The molecule has 4 nitrogen and oxygen atoms in total. The first-order chi connectivity index (χ1) is 9.88. The summed E-state index contributed by atoms with van der Waals surface area (Å²) >= 11 is 3.06. The van der Waals surface area contributed by atoms with Gasteiger partial charge < -0.3 is 10.4 Å². The van der Waals surface area contributed by atoms with Gasteiger partial charge in [-0.05, 0) is 64.8 Å². The van der Waals surface area contributed by atoms with Crippen LogP contribution in [0.3, 0.4) is 0 Å². The Hall–Kier alpha value is -2.21. The zero-order chi connectivity index (χ0) is 15.6. The lowest BCUT2D eigenvalue weighted by molar-refractivity contribution is 0.0696. The monoisotopic (exact) mass is 351 g/mol. The van der Waals surface area contributed by atoms with Crippen molar-refractivity contribution in [3.63, 3.8) is 0 Å². The van der Waals surface area contributed by atoms with Crippen LogP contribution in [0.15, 0.2) is 40.9 Å². The summed E-state index contributed by atoms with van der Waals surface area (Å²) in [5.41, 5.74) is 1.49. The summed E-state index contributed by atoms with van der Waals surface area (Å²) < 4.78 is 13.6. The van der Waals surface area contributed by atoms with Crippen LogP contribution in [0.25, 0.3) is 0 Å². The lowest BCUT2D eigenvalue weighted by atomic mass is 10.1. The van der Waals surface area contributed by atoms with Crippen LogP contribution in [0.1, 0.15) is 26.3 Å². The number of halogens is 2. The molecule has 108 valence electrons. The van der Waals surface area contributed by atoms with Crippen LogP contribution in [-0.4, -0.2) is 17.0 Å². The first-order valence-electron chi connectivity index (χ1n) is 5.99. The number of carbonyl (C=O) groups excluding carboxylic acids is 1. The molecular formula is C15H11BrFNO3. The Balaban J connectivity index is 2.22. The highest BCUT2D eigenvalue weighted by Crippen LogP contribution is 2.24. The van der Waals surface area contributed by atoms with Gasteiger partial charge in [0.2, 0.25) is 0 Å². The van der Waals surface area contributed by atoms with E-state index in [1.54, 1.807) is 6.92 Å². The van der Waals surface area contributed by atoms with Gasteiger partial charge in [0.25, 0.3) is 5.91 Å². The summed E-state index contributed by atoms with van der Waals surface area (Å²) in [5, 5.41) is 11.5. The molecule has 0 bridgehead atoms. The van der Waals surface area contributed by atoms with E-state index in [1.807, 2.05) is 0 Å². The minimum absolute atomic E-state index is 0.104. The highest BCUT2D eigenvalue weighted by atomic mass is 79.9. The molecule has 0 unspecified atom stereocenters. The summed E-state index contributed by atoms with van der Waals surface area (Å²) in [5.74, 6) is -1.86. The lowest BCUT2D eigenvalue weighted by Crippen LogP contribution is -2.13. The Kier molecular flexibility index (Phi) is 4.37. The third kappa shape index (κ3) is 3.46. The van der Waals surface area contributed by atoms with E-state index >= 15 is 0 Å². The average Bonchev–Trinajstić information content (AvgIpc) is 2.44. The third-order valence-electron chi connectivity index (χ3n) is 2.91. The number of hydrogen-bond donors (Lipinski definition) is 2. The standard InChI is InChI=1S/C15H11BrFNO3/c1-8-6-12(17)11(16)7-13(8)18-14(19)9-2-4-10(5-3-9)15(20)21/h2-7H,1H3,(H,18,19)(H,20,21). The number of aryl methyl sites for hydroxylation is 1. The van der Waals surface area contributed by atoms with E-state index < -0.39 is 17.7 Å². The smallest absolute Gasteiger partial charge is 0.335 e. The number of nitrogens with one attached hydrogen (secondary N) is 1. The maximum absolute atomic E-state index is 13.3. The molecular weight excluding hydrogens is 341 g/mol. The fraction of sp³-hybridized carbons (Fsp3) is 0.0667. The molecule has 0 aliphatic heterocycles. The van der Waals surface area contributed by atoms with Crippen LogP contribution in [0.5, 0.6) is 0 Å². The largest absolute Gasteiger partial charge is 0.478 e. The highest BCUT2D eigenvalue weighted by Gasteiger charge is 2.11. The maximum atomic E-state index is 13.3. The maximum Gasteiger partial charge on any atom is 0.335 e. The molecule has 0 aliphatic carbocycles. The molecule has 0 saturated carbocycles. The Morgan fingerprint density at radius 2 is 1.71 bits per heavy atom. The molecule has 0 aromatic heterocycles. The summed E-state index contributed by atoms with van der Waals surface area (Å²) in [6, 6.07) is 8.34. The summed E-state index contributed by atoms with van der Waals surface area (Å²) in [6.45, 7) is 1.68. The molecule has 0 fully saturated rings. The van der Waals surface area contributed by atoms with Crippen LogP contribution >= 0.6 is 15.9 Å². The van der Waals surface area contributed by atoms with Crippen molar-refractivity contribution >= 4 is 33.5 Å². The first kappa shape index (κ1) is 15.2. The Bertz CT molecular complexity index is 714. The average molecular weight is 352 g/mol. The Labute approximate surface area is 128 Å². The van der Waals surface area contributed by atoms with Gasteiger partial charge in [0, 0.05) is 11.3 Å². The van der Waals surface area contributed by atoms with Crippen LogP contribution in [0.2, 0.25) is 0 Å². The molecule has 0 radical (unpaired) electrons. The van der Waals surface area contributed by atoms with Gasteiger partial charge in [0.15, 0.2) is 0 Å². The second-order valence-corrected chi connectivity index (χ2v) is 5.27. The fourth-order valence-corrected chi connectivity index (χ4v) is 2.08. The number of carboxylic acid groups (broad SMARTS) is 1. The summed E-state index contributed by atoms with van der Waals surface area (Å²) in [7, 11) is 0. The molecule has 1 amide bonds. The van der Waals surface area contributed by atoms with E-state index in [0.29, 0.717) is 16.8 Å². The molecule has 2 aromatic carbocycles. The number of rotatable bonds is 3. The molecule has 2 rings (SSSR count). The fourth-order valence-electron chi connectivity index (χ4n) is 1.74. The van der Waals surface area contributed by atoms with Crippen molar-refractivity contribution in [2.24, 2.45) is 0 Å². The van der Waals surface area contributed by atoms with Crippen LogP contribution < -0.4 is 5.32 Å². The van der Waals surface area contributed by atoms with Crippen LogP contribution in [0, 0.1) is 12.7 Å². The topological polar surface area (TPSA) is 66.4 Å². The summed E-state index contributed by atoms with van der Waals surface area (Å²) in [4.78, 5) is 22.8. The minimum atomic E-state index is -1.06. The van der Waals surface area contributed by atoms with Gasteiger partial charge in [-0.2, -0.15) is 0 Å². The van der Waals surface area contributed by atoms with Crippen molar-refractivity contribution in [3.8, 4) is 0 Å². The first-order valence-corrected chi connectivity index (χ1v) is 6.78. The lowest BCUT2D eigenvalue weighted by Gasteiger charge is -2.10. The molecule has 0 atom stereocenters. The van der Waals surface area contributed by atoms with E-state index in [0.717, 1.165) is 0 Å². The molecule has 0 saturated heterocycles. The molecule has 21 heavy (non-hydrogen) atoms. The minimum Gasteiger partial charge on any atom is -0.478 e. The van der Waals surface area contributed by atoms with E-state index in [9.17, 15) is 14.0 Å². The van der Waals surface area contributed by atoms with Crippen LogP contribution in [0.4, 0.5) is 10.1 Å². The van der Waals surface area contributed by atoms with Crippen LogP contribution in [-0.2, 0) is 0 Å². The van der Waals surface area contributed by atoms with Crippen molar-refractivity contribution in [3.05, 3.63) is 63.4 Å². The van der Waals surface area contributed by atoms with Crippen molar-refractivity contribution in [1.29, 1.82) is 0 Å². The molecule has 6 heteroatoms. The zero-order valence-electron chi connectivity index (χ0n) is 11.0. The number of hydrogen-bond acceptors (Lipinski definition) is 2. The van der Waals surface area contributed by atoms with Gasteiger partial charge in [0.1, 0.15) is 5.82 Å². The summed E-state index contributed by atoms with van der Waals surface area (Å²) in [6.07, 6.45) is 0. The SMILES string of the molecule is Cc1cc(F)c(Br)cc1NC(=O)c1ccc(C(=O)O)cc1. The molecule has 0 heterocycles. The van der Waals surface area contributed by atoms with Gasteiger partial charge in [-0.1, -0.05) is 0 Å². The molecule has 2 N–H and O–H groups in total. The normalized spacial score (nSPS) is 10.2. The third-order valence-corrected chi connectivity index (χ3v) is 3.52. The quantitative estimate of drug-likeness (QED) is 0.882. The van der Waals surface area contributed by atoms with Gasteiger partial charge in [0.05, 0.1) is 10.0 Å². The second-order valence-electron chi connectivity index (χ2n) is 4.42. The van der Waals surface area contributed by atoms with Gasteiger partial charge >= 0.3 is 5.97 Å². The molecule has 2 aromatic rings. The number of anilines is 1. The molecule has 0 spiro atoms. The van der Waals surface area contributed by atoms with E-state index in [-0.39, 0.29) is 10.0 Å². The number of benzene rings is 2. The Morgan fingerprint density at radius 1 is 1.14 bits per heavy atom. The van der Waals surface area contributed by atoms with Crippen molar-refractivity contribution in [2.75, 3.05) is 5.32 Å². The second kappa shape index (κ2) is 6.05. The van der Waals surface area contributed by atoms with Gasteiger partial charge in [-0.3, -0.25) is 4.79 Å².